The lowest BCUT2D eigenvalue weighted by molar-refractivity contribution is -0.116. The first kappa shape index (κ1) is 16.1. The Morgan fingerprint density at radius 2 is 1.75 bits per heavy atom. The van der Waals surface area contributed by atoms with Crippen molar-refractivity contribution in [3.05, 3.63) is 90.3 Å². The third-order valence-corrected chi connectivity index (χ3v) is 4.17. The summed E-state index contributed by atoms with van der Waals surface area (Å²) in [7, 11) is 0. The van der Waals surface area contributed by atoms with Crippen LogP contribution in [0.1, 0.15) is 30.5 Å². The average molecular weight is 318 g/mol. The van der Waals surface area contributed by atoms with Crippen molar-refractivity contribution in [3.63, 3.8) is 0 Å². The van der Waals surface area contributed by atoms with Gasteiger partial charge in [0.1, 0.15) is 0 Å². The van der Waals surface area contributed by atoms with Crippen LogP contribution in [0.15, 0.2) is 79.1 Å². The van der Waals surface area contributed by atoms with Gasteiger partial charge in [-0.15, -0.1) is 0 Å². The molecule has 0 aliphatic rings. The van der Waals surface area contributed by atoms with Crippen LogP contribution in [0, 0.1) is 0 Å². The molecule has 1 atom stereocenters. The zero-order chi connectivity index (χ0) is 16.8. The van der Waals surface area contributed by atoms with Gasteiger partial charge >= 0.3 is 0 Å². The van der Waals surface area contributed by atoms with Gasteiger partial charge in [0.2, 0.25) is 5.91 Å². The normalized spacial score (nSPS) is 11.9. The fourth-order valence-corrected chi connectivity index (χ4v) is 2.88. The highest BCUT2D eigenvalue weighted by Crippen LogP contribution is 2.23. The zero-order valence-corrected chi connectivity index (χ0v) is 13.9. The minimum atomic E-state index is -0.00411. The van der Waals surface area contributed by atoms with Gasteiger partial charge in [0.15, 0.2) is 0 Å². The largest absolute Gasteiger partial charge is 0.346 e. The summed E-state index contributed by atoms with van der Waals surface area (Å²) in [5.41, 5.74) is 3.21. The van der Waals surface area contributed by atoms with Gasteiger partial charge in [-0.3, -0.25) is 4.79 Å². The Morgan fingerprint density at radius 3 is 2.46 bits per heavy atom. The van der Waals surface area contributed by atoms with Crippen LogP contribution in [0.5, 0.6) is 0 Å². The van der Waals surface area contributed by atoms with Crippen molar-refractivity contribution in [2.24, 2.45) is 0 Å². The molecule has 122 valence electrons. The second kappa shape index (κ2) is 7.64. The lowest BCUT2D eigenvalue weighted by Gasteiger charge is -2.19. The van der Waals surface area contributed by atoms with Crippen molar-refractivity contribution in [2.75, 3.05) is 5.32 Å². The molecule has 3 aromatic rings. The molecule has 3 rings (SSSR count). The van der Waals surface area contributed by atoms with Crippen molar-refractivity contribution in [1.82, 2.24) is 4.57 Å². The molecule has 3 heteroatoms. The van der Waals surface area contributed by atoms with E-state index in [0.717, 1.165) is 17.7 Å². The molecule has 3 nitrogen and oxygen atoms in total. The van der Waals surface area contributed by atoms with Gasteiger partial charge < -0.3 is 9.88 Å². The standard InChI is InChI=1S/C21H22N2O/c1-2-17-9-8-12-19(15-17)22-21(24)16-20(23-13-6-7-14-23)18-10-4-3-5-11-18/h3-15,20H,2,16H2,1H3,(H,22,24). The van der Waals surface area contributed by atoms with Crippen LogP contribution >= 0.6 is 0 Å². The molecule has 1 amide bonds. The number of aromatic nitrogens is 1. The molecule has 0 saturated heterocycles. The minimum Gasteiger partial charge on any atom is -0.346 e. The maximum atomic E-state index is 12.6. The van der Waals surface area contributed by atoms with Gasteiger partial charge in [0.25, 0.3) is 0 Å². The summed E-state index contributed by atoms with van der Waals surface area (Å²) >= 11 is 0. The van der Waals surface area contributed by atoms with E-state index in [-0.39, 0.29) is 11.9 Å². The Bertz CT molecular complexity index is 779. The van der Waals surface area contributed by atoms with Gasteiger partial charge in [-0.2, -0.15) is 0 Å². The highest BCUT2D eigenvalue weighted by Gasteiger charge is 2.17. The maximum Gasteiger partial charge on any atom is 0.226 e. The molecule has 0 saturated carbocycles. The predicted octanol–water partition coefficient (Wildman–Crippen LogP) is 4.67. The average Bonchev–Trinajstić information content (AvgIpc) is 3.15. The van der Waals surface area contributed by atoms with Crippen LogP contribution in [0.2, 0.25) is 0 Å². The lowest BCUT2D eigenvalue weighted by Crippen LogP contribution is -2.19. The van der Waals surface area contributed by atoms with E-state index in [1.54, 1.807) is 0 Å². The highest BCUT2D eigenvalue weighted by atomic mass is 16.1. The van der Waals surface area contributed by atoms with E-state index < -0.39 is 0 Å². The number of hydrogen-bond acceptors (Lipinski definition) is 1. The van der Waals surface area contributed by atoms with Crippen LogP contribution in [-0.2, 0) is 11.2 Å². The third kappa shape index (κ3) is 3.93. The lowest BCUT2D eigenvalue weighted by atomic mass is 10.0. The smallest absolute Gasteiger partial charge is 0.226 e. The van der Waals surface area contributed by atoms with Gasteiger partial charge in [0, 0.05) is 18.1 Å². The Kier molecular flexibility index (Phi) is 5.12. The number of anilines is 1. The molecule has 0 radical (unpaired) electrons. The monoisotopic (exact) mass is 318 g/mol. The summed E-state index contributed by atoms with van der Waals surface area (Å²) < 4.78 is 2.08. The molecular formula is C21H22N2O. The molecule has 1 heterocycles. The highest BCUT2D eigenvalue weighted by molar-refractivity contribution is 5.91. The summed E-state index contributed by atoms with van der Waals surface area (Å²) in [6, 6.07) is 22.1. The van der Waals surface area contributed by atoms with Crippen molar-refractivity contribution in [2.45, 2.75) is 25.8 Å². The van der Waals surface area contributed by atoms with E-state index in [0.29, 0.717) is 6.42 Å². The Morgan fingerprint density at radius 1 is 1.00 bits per heavy atom. The van der Waals surface area contributed by atoms with Crippen LogP contribution in [0.3, 0.4) is 0 Å². The summed E-state index contributed by atoms with van der Waals surface area (Å²) in [6.45, 7) is 2.11. The fraction of sp³-hybridized carbons (Fsp3) is 0.190. The first-order chi connectivity index (χ1) is 11.8. The number of amides is 1. The van der Waals surface area contributed by atoms with Crippen LogP contribution in [0.4, 0.5) is 5.69 Å². The number of nitrogens with zero attached hydrogens (tertiary/aromatic N) is 1. The molecule has 1 aromatic heterocycles. The summed E-state index contributed by atoms with van der Waals surface area (Å²) in [6.07, 6.45) is 5.36. The molecule has 0 aliphatic carbocycles. The molecule has 0 fully saturated rings. The number of carbonyl (C=O) groups is 1. The third-order valence-electron chi connectivity index (χ3n) is 4.17. The van der Waals surface area contributed by atoms with Gasteiger partial charge in [0.05, 0.1) is 12.5 Å². The number of benzene rings is 2. The quantitative estimate of drug-likeness (QED) is 0.704. The molecule has 1 N–H and O–H groups in total. The Balaban J connectivity index is 1.76. The predicted molar refractivity (Wildman–Crippen MR) is 98.1 cm³/mol. The van der Waals surface area contributed by atoms with E-state index in [9.17, 15) is 4.79 Å². The number of hydrogen-bond donors (Lipinski definition) is 1. The number of nitrogens with one attached hydrogen (secondary N) is 1. The fourth-order valence-electron chi connectivity index (χ4n) is 2.88. The molecule has 0 spiro atoms. The van der Waals surface area contributed by atoms with E-state index in [4.69, 9.17) is 0 Å². The first-order valence-corrected chi connectivity index (χ1v) is 8.32. The SMILES string of the molecule is CCc1cccc(NC(=O)CC(c2ccccc2)n2cccc2)c1. The molecule has 0 aliphatic heterocycles. The van der Waals surface area contributed by atoms with E-state index >= 15 is 0 Å². The molecular weight excluding hydrogens is 296 g/mol. The van der Waals surface area contributed by atoms with Gasteiger partial charge in [-0.1, -0.05) is 49.4 Å². The van der Waals surface area contributed by atoms with Gasteiger partial charge in [-0.05, 0) is 41.8 Å². The Labute approximate surface area is 143 Å². The van der Waals surface area contributed by atoms with E-state index in [1.807, 2.05) is 60.9 Å². The van der Waals surface area contributed by atoms with Crippen LogP contribution < -0.4 is 5.32 Å². The van der Waals surface area contributed by atoms with Crippen molar-refractivity contribution in [3.8, 4) is 0 Å². The summed E-state index contributed by atoms with van der Waals surface area (Å²) in [5.74, 6) is 0.0193. The second-order valence-electron chi connectivity index (χ2n) is 5.86. The number of aryl methyl sites for hydroxylation is 1. The topological polar surface area (TPSA) is 34.0 Å². The second-order valence-corrected chi connectivity index (χ2v) is 5.86. The Hall–Kier alpha value is -2.81. The van der Waals surface area contributed by atoms with Crippen molar-refractivity contribution in [1.29, 1.82) is 0 Å². The molecule has 24 heavy (non-hydrogen) atoms. The molecule has 2 aromatic carbocycles. The zero-order valence-electron chi connectivity index (χ0n) is 13.9. The summed E-state index contributed by atoms with van der Waals surface area (Å²) in [5, 5.41) is 3.03. The number of rotatable bonds is 6. The minimum absolute atomic E-state index is 0.00411. The van der Waals surface area contributed by atoms with Crippen LogP contribution in [-0.4, -0.2) is 10.5 Å². The first-order valence-electron chi connectivity index (χ1n) is 8.32. The van der Waals surface area contributed by atoms with E-state index in [2.05, 4.69) is 35.0 Å². The van der Waals surface area contributed by atoms with E-state index in [1.165, 1.54) is 5.56 Å². The summed E-state index contributed by atoms with van der Waals surface area (Å²) in [4.78, 5) is 12.6. The molecule has 0 bridgehead atoms. The number of carbonyl (C=O) groups excluding carboxylic acids is 1. The maximum absolute atomic E-state index is 12.6. The van der Waals surface area contributed by atoms with Crippen molar-refractivity contribution >= 4 is 11.6 Å². The van der Waals surface area contributed by atoms with Crippen LogP contribution in [0.25, 0.3) is 0 Å². The molecule has 1 unspecified atom stereocenters. The van der Waals surface area contributed by atoms with Crippen molar-refractivity contribution < 1.29 is 4.79 Å². The van der Waals surface area contributed by atoms with Gasteiger partial charge in [-0.25, -0.2) is 0 Å².